The van der Waals surface area contributed by atoms with Crippen molar-refractivity contribution in [3.8, 4) is 5.75 Å². The number of primary amides is 1. The number of amides is 1. The first-order valence-corrected chi connectivity index (χ1v) is 6.02. The number of phenols is 1. The van der Waals surface area contributed by atoms with Crippen LogP contribution in [0.5, 0.6) is 5.75 Å². The van der Waals surface area contributed by atoms with Crippen molar-refractivity contribution in [3.63, 3.8) is 0 Å². The van der Waals surface area contributed by atoms with Crippen molar-refractivity contribution in [2.24, 2.45) is 5.73 Å². The molecule has 0 spiro atoms. The number of aromatic hydroxyl groups is 1. The number of phenolic OH excluding ortho intramolecular Hbond substituents is 1. The number of anilines is 1. The topological polar surface area (TPSA) is 75.4 Å². The monoisotopic (exact) mass is 256 g/mol. The molecule has 2 rings (SSSR count). The van der Waals surface area contributed by atoms with E-state index in [1.165, 1.54) is 0 Å². The number of nitrogens with one attached hydrogen (secondary N) is 1. The Hall–Kier alpha value is -2.49. The molecule has 0 atom stereocenters. The normalized spacial score (nSPS) is 10.1. The van der Waals surface area contributed by atoms with Gasteiger partial charge >= 0.3 is 0 Å². The van der Waals surface area contributed by atoms with Crippen LogP contribution in [0, 0.1) is 0 Å². The molecule has 0 aliphatic carbocycles. The standard InChI is InChI=1S/C15H16N2O2/c16-15(19)9-11-1-5-13(6-2-11)17-10-12-3-7-14(18)8-4-12/h1-8,17-18H,9-10H2,(H2,16,19). The van der Waals surface area contributed by atoms with E-state index in [2.05, 4.69) is 5.32 Å². The van der Waals surface area contributed by atoms with Crippen molar-refractivity contribution in [2.75, 3.05) is 5.32 Å². The van der Waals surface area contributed by atoms with Gasteiger partial charge in [-0.25, -0.2) is 0 Å². The van der Waals surface area contributed by atoms with Crippen LogP contribution in [-0.2, 0) is 17.8 Å². The summed E-state index contributed by atoms with van der Waals surface area (Å²) in [5.74, 6) is -0.0654. The molecule has 98 valence electrons. The highest BCUT2D eigenvalue weighted by Crippen LogP contribution is 2.13. The predicted octanol–water partition coefficient (Wildman–Crippen LogP) is 2.03. The molecule has 2 aromatic carbocycles. The molecular weight excluding hydrogens is 240 g/mol. The molecule has 4 heteroatoms. The summed E-state index contributed by atoms with van der Waals surface area (Å²) in [5, 5.41) is 12.4. The van der Waals surface area contributed by atoms with E-state index in [1.807, 2.05) is 36.4 Å². The first-order valence-electron chi connectivity index (χ1n) is 6.02. The highest BCUT2D eigenvalue weighted by Gasteiger charge is 1.99. The van der Waals surface area contributed by atoms with E-state index >= 15 is 0 Å². The highest BCUT2D eigenvalue weighted by atomic mass is 16.3. The van der Waals surface area contributed by atoms with Gasteiger partial charge in [-0.3, -0.25) is 4.79 Å². The zero-order chi connectivity index (χ0) is 13.7. The molecule has 4 nitrogen and oxygen atoms in total. The second kappa shape index (κ2) is 5.91. The van der Waals surface area contributed by atoms with Crippen LogP contribution < -0.4 is 11.1 Å². The van der Waals surface area contributed by atoms with Gasteiger partial charge in [-0.15, -0.1) is 0 Å². The molecule has 19 heavy (non-hydrogen) atoms. The molecule has 0 saturated heterocycles. The maximum absolute atomic E-state index is 10.8. The fraction of sp³-hybridized carbons (Fsp3) is 0.133. The lowest BCUT2D eigenvalue weighted by Gasteiger charge is -2.07. The number of rotatable bonds is 5. The SMILES string of the molecule is NC(=O)Cc1ccc(NCc2ccc(O)cc2)cc1. The van der Waals surface area contributed by atoms with Gasteiger partial charge in [0.1, 0.15) is 5.75 Å². The van der Waals surface area contributed by atoms with Crippen molar-refractivity contribution < 1.29 is 9.90 Å². The lowest BCUT2D eigenvalue weighted by molar-refractivity contribution is -0.117. The van der Waals surface area contributed by atoms with Crippen LogP contribution in [0.3, 0.4) is 0 Å². The minimum Gasteiger partial charge on any atom is -0.508 e. The summed E-state index contributed by atoms with van der Waals surface area (Å²) in [7, 11) is 0. The number of carbonyl (C=O) groups excluding carboxylic acids is 1. The Bertz CT molecular complexity index is 547. The number of carbonyl (C=O) groups is 1. The van der Waals surface area contributed by atoms with E-state index < -0.39 is 0 Å². The molecule has 0 aliphatic heterocycles. The van der Waals surface area contributed by atoms with Crippen molar-refractivity contribution in [3.05, 3.63) is 59.7 Å². The third-order valence-corrected chi connectivity index (χ3v) is 2.77. The van der Waals surface area contributed by atoms with E-state index in [1.54, 1.807) is 12.1 Å². The molecule has 0 bridgehead atoms. The Balaban J connectivity index is 1.92. The average Bonchev–Trinajstić information content (AvgIpc) is 2.39. The van der Waals surface area contributed by atoms with Crippen molar-refractivity contribution >= 4 is 11.6 Å². The minimum absolute atomic E-state index is 0.262. The first kappa shape index (κ1) is 13.0. The molecule has 4 N–H and O–H groups in total. The third kappa shape index (κ3) is 4.03. The van der Waals surface area contributed by atoms with Crippen LogP contribution in [0.25, 0.3) is 0 Å². The second-order valence-electron chi connectivity index (χ2n) is 4.36. The lowest BCUT2D eigenvalue weighted by Crippen LogP contribution is -2.13. The molecule has 0 unspecified atom stereocenters. The lowest BCUT2D eigenvalue weighted by atomic mass is 10.1. The molecule has 0 saturated carbocycles. The minimum atomic E-state index is -0.329. The quantitative estimate of drug-likeness (QED) is 0.766. The zero-order valence-corrected chi connectivity index (χ0v) is 10.5. The fourth-order valence-electron chi connectivity index (χ4n) is 1.76. The number of hydrogen-bond donors (Lipinski definition) is 3. The van der Waals surface area contributed by atoms with Crippen LogP contribution in [-0.4, -0.2) is 11.0 Å². The van der Waals surface area contributed by atoms with Crippen LogP contribution in [0.4, 0.5) is 5.69 Å². The van der Waals surface area contributed by atoms with E-state index in [4.69, 9.17) is 5.73 Å². The average molecular weight is 256 g/mol. The van der Waals surface area contributed by atoms with Gasteiger partial charge in [0.15, 0.2) is 0 Å². The fourth-order valence-corrected chi connectivity index (χ4v) is 1.76. The summed E-state index contributed by atoms with van der Waals surface area (Å²) in [4.78, 5) is 10.8. The van der Waals surface area contributed by atoms with E-state index in [-0.39, 0.29) is 18.1 Å². The van der Waals surface area contributed by atoms with Gasteiger partial charge in [0.2, 0.25) is 5.91 Å². The van der Waals surface area contributed by atoms with Crippen LogP contribution in [0.15, 0.2) is 48.5 Å². The molecule has 0 heterocycles. The summed E-state index contributed by atoms with van der Waals surface area (Å²) in [6.45, 7) is 0.676. The Kier molecular flexibility index (Phi) is 4.03. The van der Waals surface area contributed by atoms with Gasteiger partial charge in [-0.05, 0) is 35.4 Å². The van der Waals surface area contributed by atoms with E-state index in [9.17, 15) is 9.90 Å². The second-order valence-corrected chi connectivity index (χ2v) is 4.36. The van der Waals surface area contributed by atoms with Crippen molar-refractivity contribution in [1.82, 2.24) is 0 Å². The Labute approximate surface area is 111 Å². The summed E-state index contributed by atoms with van der Waals surface area (Å²) >= 11 is 0. The maximum atomic E-state index is 10.8. The molecule has 0 fully saturated rings. The first-order chi connectivity index (χ1) is 9.13. The molecule has 0 radical (unpaired) electrons. The Morgan fingerprint density at radius 2 is 1.58 bits per heavy atom. The van der Waals surface area contributed by atoms with Gasteiger partial charge in [0.05, 0.1) is 6.42 Å². The van der Waals surface area contributed by atoms with Gasteiger partial charge in [-0.2, -0.15) is 0 Å². The smallest absolute Gasteiger partial charge is 0.221 e. The number of nitrogens with two attached hydrogens (primary N) is 1. The van der Waals surface area contributed by atoms with Crippen molar-refractivity contribution in [2.45, 2.75) is 13.0 Å². The largest absolute Gasteiger partial charge is 0.508 e. The van der Waals surface area contributed by atoms with Gasteiger partial charge < -0.3 is 16.2 Å². The highest BCUT2D eigenvalue weighted by molar-refractivity contribution is 5.76. The molecule has 0 aromatic heterocycles. The van der Waals surface area contributed by atoms with Crippen LogP contribution >= 0.6 is 0 Å². The maximum Gasteiger partial charge on any atom is 0.221 e. The number of benzene rings is 2. The Morgan fingerprint density at radius 1 is 1.00 bits per heavy atom. The zero-order valence-electron chi connectivity index (χ0n) is 10.5. The predicted molar refractivity (Wildman–Crippen MR) is 74.8 cm³/mol. The van der Waals surface area contributed by atoms with Gasteiger partial charge in [0, 0.05) is 12.2 Å². The number of hydrogen-bond acceptors (Lipinski definition) is 3. The molecule has 2 aromatic rings. The summed E-state index contributed by atoms with van der Waals surface area (Å²) < 4.78 is 0. The van der Waals surface area contributed by atoms with Crippen LogP contribution in [0.2, 0.25) is 0 Å². The summed E-state index contributed by atoms with van der Waals surface area (Å²) in [5.41, 5.74) is 8.10. The molecule has 1 amide bonds. The van der Waals surface area contributed by atoms with Crippen LogP contribution in [0.1, 0.15) is 11.1 Å². The third-order valence-electron chi connectivity index (χ3n) is 2.77. The molecule has 0 aliphatic rings. The van der Waals surface area contributed by atoms with Crippen molar-refractivity contribution in [1.29, 1.82) is 0 Å². The summed E-state index contributed by atoms with van der Waals surface area (Å²) in [6, 6.07) is 14.6. The molecular formula is C15H16N2O2. The van der Waals surface area contributed by atoms with Gasteiger partial charge in [0.25, 0.3) is 0 Å². The van der Waals surface area contributed by atoms with Gasteiger partial charge in [-0.1, -0.05) is 24.3 Å². The van der Waals surface area contributed by atoms with E-state index in [0.29, 0.717) is 6.54 Å². The Morgan fingerprint density at radius 3 is 2.16 bits per heavy atom. The van der Waals surface area contributed by atoms with E-state index in [0.717, 1.165) is 16.8 Å². The summed E-state index contributed by atoms with van der Waals surface area (Å²) in [6.07, 6.45) is 0.262.